The summed E-state index contributed by atoms with van der Waals surface area (Å²) in [6, 6.07) is 8.65. The molecule has 0 unspecified atom stereocenters. The summed E-state index contributed by atoms with van der Waals surface area (Å²) in [5.41, 5.74) is 3.33. The van der Waals surface area contributed by atoms with E-state index in [1.807, 2.05) is 19.2 Å². The highest BCUT2D eigenvalue weighted by molar-refractivity contribution is 5.89. The third-order valence-corrected chi connectivity index (χ3v) is 6.65. The molecule has 1 N–H and O–H groups in total. The van der Waals surface area contributed by atoms with Gasteiger partial charge in [-0.2, -0.15) is 5.26 Å². The van der Waals surface area contributed by atoms with Gasteiger partial charge in [0.25, 0.3) is 0 Å². The Bertz CT molecular complexity index is 1090. The Balaban J connectivity index is 1.52. The maximum absolute atomic E-state index is 11.5. The molecule has 0 bridgehead atoms. The number of hydrogen-bond donors (Lipinski definition) is 1. The first-order valence-electron chi connectivity index (χ1n) is 10.5. The van der Waals surface area contributed by atoms with Gasteiger partial charge in [-0.25, -0.2) is 9.97 Å². The lowest BCUT2D eigenvalue weighted by Gasteiger charge is -2.24. The van der Waals surface area contributed by atoms with Gasteiger partial charge >= 0.3 is 0 Å². The van der Waals surface area contributed by atoms with Crippen molar-refractivity contribution in [2.24, 2.45) is 5.41 Å². The molecule has 1 saturated carbocycles. The quantitative estimate of drug-likeness (QED) is 0.843. The molecule has 1 atom stereocenters. The number of aryl methyl sites for hydroxylation is 1. The van der Waals surface area contributed by atoms with Crippen LogP contribution in [-0.4, -0.2) is 35.5 Å². The molecule has 1 spiro atoms. The molecule has 154 valence electrons. The molecule has 2 aliphatic heterocycles. The van der Waals surface area contributed by atoms with Crippen LogP contribution in [0.25, 0.3) is 0 Å². The lowest BCUT2D eigenvalue weighted by atomic mass is 9.92. The highest BCUT2D eigenvalue weighted by Gasteiger charge is 2.52. The van der Waals surface area contributed by atoms with Crippen molar-refractivity contribution in [1.82, 2.24) is 9.97 Å². The van der Waals surface area contributed by atoms with Crippen LogP contribution in [0.15, 0.2) is 24.4 Å². The monoisotopic (exact) mass is 402 g/mol. The normalized spacial score (nSPS) is 23.4. The van der Waals surface area contributed by atoms with E-state index in [0.29, 0.717) is 12.4 Å². The smallest absolute Gasteiger partial charge is 0.222 e. The van der Waals surface area contributed by atoms with Crippen LogP contribution in [0, 0.1) is 23.7 Å². The molecule has 0 radical (unpaired) electrons. The first-order valence-corrected chi connectivity index (χ1v) is 10.5. The van der Waals surface area contributed by atoms with Crippen LogP contribution in [-0.2, 0) is 10.2 Å². The fraction of sp³-hybridized carbons (Fsp3) is 0.478. The third kappa shape index (κ3) is 3.07. The van der Waals surface area contributed by atoms with Gasteiger partial charge in [0.05, 0.1) is 17.2 Å². The van der Waals surface area contributed by atoms with E-state index >= 15 is 0 Å². The summed E-state index contributed by atoms with van der Waals surface area (Å²) in [7, 11) is 0. The molecule has 30 heavy (non-hydrogen) atoms. The van der Waals surface area contributed by atoms with E-state index in [1.54, 1.807) is 0 Å². The van der Waals surface area contributed by atoms with E-state index < -0.39 is 0 Å². The van der Waals surface area contributed by atoms with Crippen molar-refractivity contribution in [3.05, 3.63) is 35.5 Å². The van der Waals surface area contributed by atoms with Crippen molar-refractivity contribution < 1.29 is 4.79 Å². The van der Waals surface area contributed by atoms with Gasteiger partial charge in [-0.3, -0.25) is 4.79 Å². The molecule has 2 fully saturated rings. The maximum atomic E-state index is 11.5. The molecular weight excluding hydrogens is 376 g/mol. The summed E-state index contributed by atoms with van der Waals surface area (Å²) < 4.78 is 0. The number of nitriles is 1. The summed E-state index contributed by atoms with van der Waals surface area (Å²) in [5, 5.41) is 12.3. The minimum atomic E-state index is -0.317. The second kappa shape index (κ2) is 6.43. The summed E-state index contributed by atoms with van der Waals surface area (Å²) in [4.78, 5) is 25.5. The largest absolute Gasteiger partial charge is 0.355 e. The van der Waals surface area contributed by atoms with Gasteiger partial charge in [-0.1, -0.05) is 0 Å². The van der Waals surface area contributed by atoms with Crippen LogP contribution in [0.3, 0.4) is 0 Å². The highest BCUT2D eigenvalue weighted by atomic mass is 16.1. The Hall–Kier alpha value is -3.14. The number of rotatable bonds is 3. The van der Waals surface area contributed by atoms with E-state index in [0.717, 1.165) is 55.2 Å². The van der Waals surface area contributed by atoms with E-state index in [2.05, 4.69) is 45.2 Å². The number of hydrogen-bond acceptors (Lipinski definition) is 6. The van der Waals surface area contributed by atoms with Crippen molar-refractivity contribution in [3.63, 3.8) is 0 Å². The molecule has 2 aromatic rings. The standard InChI is InChI=1S/C23H26N6O/c1-15-8-20(28-7-6-22(3,12-24)13-28)27-21(9-15)29-14-23(4-5-23)17-11-25-19(10-18(17)29)26-16(2)30/h8-11H,4-7,13-14H2,1-3H3,(H,25,26,30)/t22-/m1/s1. The Morgan fingerprint density at radius 1 is 1.20 bits per heavy atom. The molecule has 7 nitrogen and oxygen atoms in total. The van der Waals surface area contributed by atoms with Gasteiger partial charge in [0.1, 0.15) is 17.5 Å². The number of pyridine rings is 2. The summed E-state index contributed by atoms with van der Waals surface area (Å²) in [6.07, 6.45) is 5.09. The molecule has 1 aliphatic carbocycles. The summed E-state index contributed by atoms with van der Waals surface area (Å²) >= 11 is 0. The number of aromatic nitrogens is 2. The number of nitrogens with zero attached hydrogens (tertiary/aromatic N) is 5. The first kappa shape index (κ1) is 18.9. The molecular formula is C23H26N6O. The summed E-state index contributed by atoms with van der Waals surface area (Å²) in [5.74, 6) is 2.29. The topological polar surface area (TPSA) is 85.2 Å². The number of carbonyl (C=O) groups excluding carboxylic acids is 1. The molecule has 3 aliphatic rings. The van der Waals surface area contributed by atoms with E-state index in [4.69, 9.17) is 4.98 Å². The van der Waals surface area contributed by atoms with Crippen LogP contribution in [0.1, 0.15) is 44.2 Å². The molecule has 5 rings (SSSR count). The van der Waals surface area contributed by atoms with Crippen molar-refractivity contribution in [2.45, 2.75) is 45.4 Å². The van der Waals surface area contributed by atoms with Gasteiger partial charge in [0.15, 0.2) is 0 Å². The second-order valence-corrected chi connectivity index (χ2v) is 9.34. The van der Waals surface area contributed by atoms with Crippen LogP contribution in [0.4, 0.5) is 23.1 Å². The Morgan fingerprint density at radius 2 is 1.97 bits per heavy atom. The Kier molecular flexibility index (Phi) is 4.04. The number of carbonyl (C=O) groups is 1. The van der Waals surface area contributed by atoms with E-state index in [9.17, 15) is 10.1 Å². The average molecular weight is 403 g/mol. The predicted molar refractivity (Wildman–Crippen MR) is 116 cm³/mol. The van der Waals surface area contributed by atoms with Gasteiger partial charge in [-0.05, 0) is 50.8 Å². The van der Waals surface area contributed by atoms with Gasteiger partial charge in [0, 0.05) is 49.8 Å². The molecule has 1 saturated heterocycles. The fourth-order valence-electron chi connectivity index (χ4n) is 4.76. The van der Waals surface area contributed by atoms with Crippen LogP contribution in [0.5, 0.6) is 0 Å². The minimum absolute atomic E-state index is 0.126. The fourth-order valence-corrected chi connectivity index (χ4v) is 4.76. The van der Waals surface area contributed by atoms with Crippen molar-refractivity contribution in [3.8, 4) is 6.07 Å². The lowest BCUT2D eigenvalue weighted by Crippen LogP contribution is -2.26. The molecule has 2 aromatic heterocycles. The molecule has 4 heterocycles. The number of nitrogens with one attached hydrogen (secondary N) is 1. The zero-order valence-electron chi connectivity index (χ0n) is 17.7. The molecule has 7 heteroatoms. The van der Waals surface area contributed by atoms with Gasteiger partial charge < -0.3 is 15.1 Å². The Morgan fingerprint density at radius 3 is 2.63 bits per heavy atom. The van der Waals surface area contributed by atoms with Crippen LogP contribution in [0.2, 0.25) is 0 Å². The molecule has 0 aromatic carbocycles. The van der Waals surface area contributed by atoms with Crippen molar-refractivity contribution >= 4 is 29.0 Å². The zero-order valence-corrected chi connectivity index (χ0v) is 17.7. The average Bonchev–Trinajstić information content (AvgIpc) is 3.26. The SMILES string of the molecule is CC(=O)Nc1cc2c(cn1)C1(CC1)CN2c1cc(C)cc(N2CC[C@](C)(C#N)C2)n1. The summed E-state index contributed by atoms with van der Waals surface area (Å²) in [6.45, 7) is 8.04. The zero-order chi connectivity index (χ0) is 21.1. The van der Waals surface area contributed by atoms with Gasteiger partial charge in [-0.15, -0.1) is 0 Å². The van der Waals surface area contributed by atoms with Crippen molar-refractivity contribution in [2.75, 3.05) is 34.8 Å². The van der Waals surface area contributed by atoms with E-state index in [-0.39, 0.29) is 16.7 Å². The van der Waals surface area contributed by atoms with Gasteiger partial charge in [0.2, 0.25) is 5.91 Å². The number of anilines is 4. The van der Waals surface area contributed by atoms with Crippen LogP contribution >= 0.6 is 0 Å². The first-order chi connectivity index (χ1) is 14.3. The molecule has 1 amide bonds. The maximum Gasteiger partial charge on any atom is 0.222 e. The van der Waals surface area contributed by atoms with Crippen molar-refractivity contribution in [1.29, 1.82) is 5.26 Å². The Labute approximate surface area is 176 Å². The highest BCUT2D eigenvalue weighted by Crippen LogP contribution is 2.58. The third-order valence-electron chi connectivity index (χ3n) is 6.65. The van der Waals surface area contributed by atoms with E-state index in [1.165, 1.54) is 12.5 Å². The number of amides is 1. The minimum Gasteiger partial charge on any atom is -0.355 e. The number of fused-ring (bicyclic) bond motifs is 2. The van der Waals surface area contributed by atoms with Crippen LogP contribution < -0.4 is 15.1 Å². The lowest BCUT2D eigenvalue weighted by molar-refractivity contribution is -0.114. The second-order valence-electron chi connectivity index (χ2n) is 9.34. The predicted octanol–water partition coefficient (Wildman–Crippen LogP) is 3.67.